The van der Waals surface area contributed by atoms with E-state index in [2.05, 4.69) is 5.32 Å². The summed E-state index contributed by atoms with van der Waals surface area (Å²) in [5.74, 6) is -1.64. The summed E-state index contributed by atoms with van der Waals surface area (Å²) >= 11 is 0. The average Bonchev–Trinajstić information content (AvgIpc) is 2.97. The molecule has 0 aromatic heterocycles. The molecular formula is C14H21F3N2O. The Morgan fingerprint density at radius 2 is 1.65 bits per heavy atom. The second kappa shape index (κ2) is 5.20. The first-order valence-corrected chi connectivity index (χ1v) is 7.53. The van der Waals surface area contributed by atoms with E-state index >= 15 is 0 Å². The molecule has 2 saturated heterocycles. The monoisotopic (exact) mass is 290 g/mol. The molecule has 6 heteroatoms. The number of alkyl halides is 3. The lowest BCUT2D eigenvalue weighted by atomic mass is 9.78. The van der Waals surface area contributed by atoms with Crippen LogP contribution in [0.2, 0.25) is 0 Å². The summed E-state index contributed by atoms with van der Waals surface area (Å²) < 4.78 is 39.3. The molecule has 1 amide bonds. The molecule has 0 aromatic carbocycles. The predicted molar refractivity (Wildman–Crippen MR) is 67.9 cm³/mol. The molecule has 4 atom stereocenters. The molecule has 0 aromatic rings. The maximum absolute atomic E-state index is 13.1. The highest BCUT2D eigenvalue weighted by molar-refractivity contribution is 5.79. The zero-order chi connectivity index (χ0) is 14.3. The van der Waals surface area contributed by atoms with Crippen LogP contribution in [0.3, 0.4) is 0 Å². The molecule has 3 aliphatic rings. The lowest BCUT2D eigenvalue weighted by molar-refractivity contribution is -0.200. The van der Waals surface area contributed by atoms with Crippen LogP contribution in [-0.2, 0) is 4.79 Å². The Bertz CT molecular complexity index is 373. The number of likely N-dealkylation sites (tertiary alicyclic amines) is 1. The first kappa shape index (κ1) is 14.2. The summed E-state index contributed by atoms with van der Waals surface area (Å²) in [6, 6.07) is 0. The zero-order valence-electron chi connectivity index (χ0n) is 11.5. The maximum Gasteiger partial charge on any atom is 0.392 e. The topological polar surface area (TPSA) is 32.3 Å². The van der Waals surface area contributed by atoms with Crippen molar-refractivity contribution in [3.8, 4) is 0 Å². The van der Waals surface area contributed by atoms with Gasteiger partial charge in [0.25, 0.3) is 0 Å². The summed E-state index contributed by atoms with van der Waals surface area (Å²) in [5, 5.41) is 3.28. The van der Waals surface area contributed by atoms with Gasteiger partial charge in [0.05, 0.1) is 5.92 Å². The van der Waals surface area contributed by atoms with E-state index in [0.717, 1.165) is 19.5 Å². The van der Waals surface area contributed by atoms with E-state index in [-0.39, 0.29) is 12.3 Å². The highest BCUT2D eigenvalue weighted by atomic mass is 19.4. The van der Waals surface area contributed by atoms with Crippen LogP contribution in [-0.4, -0.2) is 43.2 Å². The molecule has 1 N–H and O–H groups in total. The molecule has 0 bridgehead atoms. The van der Waals surface area contributed by atoms with Crippen LogP contribution in [0.15, 0.2) is 0 Å². The second-order valence-electron chi connectivity index (χ2n) is 6.46. The Morgan fingerprint density at radius 1 is 1.05 bits per heavy atom. The molecule has 0 radical (unpaired) electrons. The molecule has 1 aliphatic carbocycles. The molecule has 3 fully saturated rings. The van der Waals surface area contributed by atoms with Crippen molar-refractivity contribution in [2.45, 2.75) is 31.9 Å². The van der Waals surface area contributed by atoms with Gasteiger partial charge in [-0.25, -0.2) is 0 Å². The van der Waals surface area contributed by atoms with Crippen molar-refractivity contribution in [1.82, 2.24) is 10.2 Å². The molecule has 1 saturated carbocycles. The highest BCUT2D eigenvalue weighted by Gasteiger charge is 2.50. The SMILES string of the molecule is O=C(C1CCCCC1C(F)(F)F)N1C[C@H]2CNC[C@H]2C1. The largest absolute Gasteiger partial charge is 0.392 e. The van der Waals surface area contributed by atoms with Gasteiger partial charge in [0.1, 0.15) is 0 Å². The van der Waals surface area contributed by atoms with Crippen molar-refractivity contribution >= 4 is 5.91 Å². The van der Waals surface area contributed by atoms with E-state index in [0.29, 0.717) is 37.8 Å². The minimum atomic E-state index is -4.24. The van der Waals surface area contributed by atoms with Gasteiger partial charge >= 0.3 is 6.18 Å². The van der Waals surface area contributed by atoms with Gasteiger partial charge in [0, 0.05) is 32.1 Å². The highest BCUT2D eigenvalue weighted by Crippen LogP contribution is 2.43. The smallest absolute Gasteiger partial charge is 0.342 e. The molecule has 2 aliphatic heterocycles. The molecule has 3 nitrogen and oxygen atoms in total. The van der Waals surface area contributed by atoms with E-state index in [9.17, 15) is 18.0 Å². The Hall–Kier alpha value is -0.780. The Balaban J connectivity index is 1.69. The average molecular weight is 290 g/mol. The third kappa shape index (κ3) is 2.54. The number of hydrogen-bond acceptors (Lipinski definition) is 2. The van der Waals surface area contributed by atoms with E-state index in [1.54, 1.807) is 4.90 Å². The van der Waals surface area contributed by atoms with E-state index in [1.807, 2.05) is 0 Å². The van der Waals surface area contributed by atoms with E-state index < -0.39 is 18.0 Å². The fraction of sp³-hybridized carbons (Fsp3) is 0.929. The van der Waals surface area contributed by atoms with Crippen molar-refractivity contribution in [1.29, 1.82) is 0 Å². The van der Waals surface area contributed by atoms with Gasteiger partial charge in [-0.05, 0) is 24.7 Å². The third-order valence-corrected chi connectivity index (χ3v) is 5.20. The molecular weight excluding hydrogens is 269 g/mol. The van der Waals surface area contributed by atoms with Crippen molar-refractivity contribution in [3.63, 3.8) is 0 Å². The maximum atomic E-state index is 13.1. The van der Waals surface area contributed by atoms with E-state index in [4.69, 9.17) is 0 Å². The first-order valence-electron chi connectivity index (χ1n) is 7.53. The summed E-state index contributed by atoms with van der Waals surface area (Å²) in [5.41, 5.74) is 0. The number of rotatable bonds is 1. The molecule has 3 rings (SSSR count). The number of carbonyl (C=O) groups is 1. The Morgan fingerprint density at radius 3 is 2.25 bits per heavy atom. The van der Waals surface area contributed by atoms with Gasteiger partial charge < -0.3 is 10.2 Å². The van der Waals surface area contributed by atoms with Crippen molar-refractivity contribution in [2.24, 2.45) is 23.7 Å². The molecule has 2 unspecified atom stereocenters. The van der Waals surface area contributed by atoms with Crippen LogP contribution < -0.4 is 5.32 Å². The van der Waals surface area contributed by atoms with Crippen LogP contribution in [0.25, 0.3) is 0 Å². The number of nitrogens with zero attached hydrogens (tertiary/aromatic N) is 1. The fourth-order valence-electron chi connectivity index (χ4n) is 4.09. The second-order valence-corrected chi connectivity index (χ2v) is 6.46. The summed E-state index contributed by atoms with van der Waals surface area (Å²) in [4.78, 5) is 14.2. The van der Waals surface area contributed by atoms with Gasteiger partial charge in [-0.15, -0.1) is 0 Å². The number of fused-ring (bicyclic) bond motifs is 1. The minimum absolute atomic E-state index is 0.113. The molecule has 2 heterocycles. The van der Waals surface area contributed by atoms with Crippen molar-refractivity contribution < 1.29 is 18.0 Å². The van der Waals surface area contributed by atoms with Crippen LogP contribution >= 0.6 is 0 Å². The first-order chi connectivity index (χ1) is 9.47. The normalized spacial score (nSPS) is 38.0. The predicted octanol–water partition coefficient (Wildman–Crippen LogP) is 2.03. The summed E-state index contributed by atoms with van der Waals surface area (Å²) in [6.45, 7) is 3.05. The van der Waals surface area contributed by atoms with Crippen LogP contribution in [0.1, 0.15) is 25.7 Å². The molecule has 20 heavy (non-hydrogen) atoms. The lowest BCUT2D eigenvalue weighted by Crippen LogP contribution is -2.44. The standard InChI is InChI=1S/C14H21F3N2O/c15-14(16,17)12-4-2-1-3-11(12)13(20)19-7-9-5-18-6-10(9)8-19/h9-12,18H,1-8H2/t9-,10+,11?,12?. The van der Waals surface area contributed by atoms with Crippen LogP contribution in [0, 0.1) is 23.7 Å². The van der Waals surface area contributed by atoms with Crippen LogP contribution in [0.4, 0.5) is 13.2 Å². The number of nitrogens with one attached hydrogen (secondary N) is 1. The number of halogens is 3. The minimum Gasteiger partial charge on any atom is -0.342 e. The summed E-state index contributed by atoms with van der Waals surface area (Å²) in [7, 11) is 0. The number of amides is 1. The lowest BCUT2D eigenvalue weighted by Gasteiger charge is -2.34. The molecule has 0 spiro atoms. The van der Waals surface area contributed by atoms with Crippen molar-refractivity contribution in [3.05, 3.63) is 0 Å². The Labute approximate surface area is 116 Å². The quantitative estimate of drug-likeness (QED) is 0.801. The molecule has 114 valence electrons. The van der Waals surface area contributed by atoms with Gasteiger partial charge in [0.2, 0.25) is 5.91 Å². The van der Waals surface area contributed by atoms with Gasteiger partial charge in [-0.1, -0.05) is 12.8 Å². The number of carbonyl (C=O) groups excluding carboxylic acids is 1. The number of hydrogen-bond donors (Lipinski definition) is 1. The van der Waals surface area contributed by atoms with E-state index in [1.165, 1.54) is 0 Å². The van der Waals surface area contributed by atoms with Gasteiger partial charge in [-0.3, -0.25) is 4.79 Å². The Kier molecular flexibility index (Phi) is 3.69. The summed E-state index contributed by atoms with van der Waals surface area (Å²) in [6.07, 6.45) is -2.40. The zero-order valence-corrected chi connectivity index (χ0v) is 11.5. The van der Waals surface area contributed by atoms with Gasteiger partial charge in [-0.2, -0.15) is 13.2 Å². The van der Waals surface area contributed by atoms with Crippen molar-refractivity contribution in [2.75, 3.05) is 26.2 Å². The van der Waals surface area contributed by atoms with Gasteiger partial charge in [0.15, 0.2) is 0 Å². The van der Waals surface area contributed by atoms with Crippen LogP contribution in [0.5, 0.6) is 0 Å². The fourth-order valence-corrected chi connectivity index (χ4v) is 4.09. The third-order valence-electron chi connectivity index (χ3n) is 5.20.